The summed E-state index contributed by atoms with van der Waals surface area (Å²) >= 11 is 0. The smallest absolute Gasteiger partial charge is 0.225 e. The van der Waals surface area contributed by atoms with Gasteiger partial charge in [-0.05, 0) is 44.2 Å². The summed E-state index contributed by atoms with van der Waals surface area (Å²) in [5.41, 5.74) is 5.06. The van der Waals surface area contributed by atoms with Crippen molar-refractivity contribution >= 4 is 22.5 Å². The van der Waals surface area contributed by atoms with Gasteiger partial charge in [0, 0.05) is 22.8 Å². The number of carbonyl (C=O) groups is 1. The summed E-state index contributed by atoms with van der Waals surface area (Å²) in [4.78, 5) is 12.8. The first-order chi connectivity index (χ1) is 13.0. The zero-order chi connectivity index (χ0) is 19.0. The van der Waals surface area contributed by atoms with E-state index in [1.54, 1.807) is 0 Å². The topological polar surface area (TPSA) is 64.0 Å². The summed E-state index contributed by atoms with van der Waals surface area (Å²) in [6.45, 7) is 4.12. The third-order valence-corrected chi connectivity index (χ3v) is 6.91. The molecule has 1 atom stereocenters. The van der Waals surface area contributed by atoms with Crippen LogP contribution in [0.1, 0.15) is 60.9 Å². The molecular formula is C21H27N3O2S. The summed E-state index contributed by atoms with van der Waals surface area (Å²) in [6.07, 6.45) is 6.60. The van der Waals surface area contributed by atoms with Crippen molar-refractivity contribution in [3.63, 3.8) is 0 Å². The molecule has 0 unspecified atom stereocenters. The molecule has 4 rings (SSSR count). The van der Waals surface area contributed by atoms with Crippen LogP contribution in [0.5, 0.6) is 0 Å². The van der Waals surface area contributed by atoms with Crippen molar-refractivity contribution in [2.45, 2.75) is 63.9 Å². The highest BCUT2D eigenvalue weighted by atomic mass is 32.2. The predicted octanol–water partition coefficient (Wildman–Crippen LogP) is 4.16. The third-order valence-electron chi connectivity index (χ3n) is 5.71. The van der Waals surface area contributed by atoms with Gasteiger partial charge < -0.3 is 5.32 Å². The number of anilines is 1. The van der Waals surface area contributed by atoms with Crippen LogP contribution in [0.25, 0.3) is 5.69 Å². The number of benzene rings is 1. The average molecular weight is 386 g/mol. The number of carbonyl (C=O) groups excluding carboxylic acids is 1. The molecule has 0 saturated heterocycles. The largest absolute Gasteiger partial charge is 0.310 e. The van der Waals surface area contributed by atoms with E-state index >= 15 is 0 Å². The van der Waals surface area contributed by atoms with Crippen LogP contribution in [0, 0.1) is 19.8 Å². The molecule has 0 radical (unpaired) electrons. The number of amides is 1. The number of fused-ring (bicyclic) bond motifs is 1. The Labute approximate surface area is 163 Å². The van der Waals surface area contributed by atoms with Crippen molar-refractivity contribution < 1.29 is 9.00 Å². The molecule has 27 heavy (non-hydrogen) atoms. The molecule has 0 bridgehead atoms. The maximum absolute atomic E-state index is 12.8. The van der Waals surface area contributed by atoms with E-state index in [0.717, 1.165) is 35.3 Å². The van der Waals surface area contributed by atoms with E-state index in [1.807, 2.05) is 10.7 Å². The number of hydrogen-bond donors (Lipinski definition) is 1. The van der Waals surface area contributed by atoms with E-state index < -0.39 is 10.8 Å². The minimum absolute atomic E-state index is 0.0493. The number of nitrogens with zero attached hydrogens (tertiary/aromatic N) is 2. The summed E-state index contributed by atoms with van der Waals surface area (Å²) < 4.78 is 13.9. The summed E-state index contributed by atoms with van der Waals surface area (Å²) in [5.74, 6) is 2.19. The predicted molar refractivity (Wildman–Crippen MR) is 108 cm³/mol. The molecule has 2 aromatic rings. The Hall–Kier alpha value is -1.95. The summed E-state index contributed by atoms with van der Waals surface area (Å²) in [5, 5.41) is 7.84. The molecule has 1 aliphatic carbocycles. The molecule has 2 heterocycles. The first-order valence-corrected chi connectivity index (χ1v) is 11.3. The van der Waals surface area contributed by atoms with E-state index in [9.17, 15) is 9.00 Å². The van der Waals surface area contributed by atoms with Crippen molar-refractivity contribution in [1.29, 1.82) is 0 Å². The molecule has 1 saturated carbocycles. The molecule has 144 valence electrons. The van der Waals surface area contributed by atoms with E-state index in [1.165, 1.54) is 24.8 Å². The zero-order valence-electron chi connectivity index (χ0n) is 16.1. The van der Waals surface area contributed by atoms with E-state index in [4.69, 9.17) is 5.10 Å². The fourth-order valence-corrected chi connectivity index (χ4v) is 5.57. The van der Waals surface area contributed by atoms with Crippen molar-refractivity contribution in [1.82, 2.24) is 9.78 Å². The molecule has 6 heteroatoms. The number of hydrogen-bond acceptors (Lipinski definition) is 3. The van der Waals surface area contributed by atoms with Gasteiger partial charge >= 0.3 is 0 Å². The lowest BCUT2D eigenvalue weighted by Crippen LogP contribution is -2.21. The van der Waals surface area contributed by atoms with Crippen LogP contribution < -0.4 is 5.32 Å². The first-order valence-electron chi connectivity index (χ1n) is 9.84. The third kappa shape index (κ3) is 3.86. The quantitative estimate of drug-likeness (QED) is 0.859. The van der Waals surface area contributed by atoms with Crippen LogP contribution in [0.15, 0.2) is 18.2 Å². The van der Waals surface area contributed by atoms with Crippen LogP contribution in [0.2, 0.25) is 0 Å². The number of aromatic nitrogens is 2. The van der Waals surface area contributed by atoms with Crippen molar-refractivity contribution in [2.24, 2.45) is 5.92 Å². The molecule has 5 nitrogen and oxygen atoms in total. The minimum atomic E-state index is -0.920. The van der Waals surface area contributed by atoms with Crippen molar-refractivity contribution in [3.8, 4) is 5.69 Å². The second kappa shape index (κ2) is 7.58. The summed E-state index contributed by atoms with van der Waals surface area (Å²) in [7, 11) is -0.920. The molecule has 0 spiro atoms. The molecule has 2 aliphatic rings. The Kier molecular flexibility index (Phi) is 5.17. The Morgan fingerprint density at radius 2 is 2.00 bits per heavy atom. The van der Waals surface area contributed by atoms with Gasteiger partial charge in [0.2, 0.25) is 5.91 Å². The standard InChI is InChI=1S/C21H27N3O2S/c1-14-8-9-19(15(2)10-14)24-21(17-12-27(26)13-18(17)23-24)22-20(25)11-16-6-4-3-5-7-16/h8-10,16H,3-7,11-13H2,1-2H3,(H,22,25)/t27-/m0/s1. The van der Waals surface area contributed by atoms with E-state index in [0.29, 0.717) is 29.7 Å². The second-order valence-electron chi connectivity index (χ2n) is 7.96. The molecular weight excluding hydrogens is 358 g/mol. The fourth-order valence-electron chi connectivity index (χ4n) is 4.31. The van der Waals surface area contributed by atoms with Gasteiger partial charge in [0.05, 0.1) is 22.9 Å². The van der Waals surface area contributed by atoms with Gasteiger partial charge in [0.25, 0.3) is 0 Å². The van der Waals surface area contributed by atoms with Gasteiger partial charge in [-0.15, -0.1) is 0 Å². The molecule has 1 aliphatic heterocycles. The second-order valence-corrected chi connectivity index (χ2v) is 9.42. The number of aryl methyl sites for hydroxylation is 2. The monoisotopic (exact) mass is 385 g/mol. The average Bonchev–Trinajstić information content (AvgIpc) is 3.13. The van der Waals surface area contributed by atoms with Crippen LogP contribution in [-0.2, 0) is 27.1 Å². The highest BCUT2D eigenvalue weighted by molar-refractivity contribution is 7.83. The lowest BCUT2D eigenvalue weighted by atomic mass is 9.87. The van der Waals surface area contributed by atoms with Gasteiger partial charge in [-0.2, -0.15) is 5.10 Å². The highest BCUT2D eigenvalue weighted by Crippen LogP contribution is 2.33. The molecule has 1 N–H and O–H groups in total. The zero-order valence-corrected chi connectivity index (χ0v) is 16.9. The number of rotatable bonds is 4. The minimum Gasteiger partial charge on any atom is -0.310 e. The lowest BCUT2D eigenvalue weighted by Gasteiger charge is -2.21. The van der Waals surface area contributed by atoms with Gasteiger partial charge in [-0.1, -0.05) is 37.0 Å². The van der Waals surface area contributed by atoms with Crippen LogP contribution >= 0.6 is 0 Å². The van der Waals surface area contributed by atoms with Crippen LogP contribution in [0.4, 0.5) is 5.82 Å². The van der Waals surface area contributed by atoms with E-state index in [-0.39, 0.29) is 5.91 Å². The number of nitrogens with one attached hydrogen (secondary N) is 1. The Balaban J connectivity index is 1.64. The fraction of sp³-hybridized carbons (Fsp3) is 0.524. The van der Waals surface area contributed by atoms with Gasteiger partial charge in [0.1, 0.15) is 5.82 Å². The van der Waals surface area contributed by atoms with Gasteiger partial charge in [-0.3, -0.25) is 9.00 Å². The molecule has 1 aromatic carbocycles. The van der Waals surface area contributed by atoms with Crippen molar-refractivity contribution in [2.75, 3.05) is 5.32 Å². The maximum atomic E-state index is 12.8. The molecule has 1 fully saturated rings. The normalized spacial score (nSPS) is 19.9. The van der Waals surface area contributed by atoms with Crippen molar-refractivity contribution in [3.05, 3.63) is 40.6 Å². The SMILES string of the molecule is Cc1ccc(-n2nc3c(c2NC(=O)CC2CCCCC2)C[S@](=O)C3)c(C)c1. The van der Waals surface area contributed by atoms with Crippen LogP contribution in [-0.4, -0.2) is 19.9 Å². The molecule has 1 aromatic heterocycles. The lowest BCUT2D eigenvalue weighted by molar-refractivity contribution is -0.117. The Morgan fingerprint density at radius 1 is 1.22 bits per heavy atom. The van der Waals surface area contributed by atoms with E-state index in [2.05, 4.69) is 31.3 Å². The van der Waals surface area contributed by atoms with Crippen LogP contribution in [0.3, 0.4) is 0 Å². The summed E-state index contributed by atoms with van der Waals surface area (Å²) in [6, 6.07) is 6.22. The Morgan fingerprint density at radius 3 is 2.74 bits per heavy atom. The Bertz CT molecular complexity index is 897. The van der Waals surface area contributed by atoms with Gasteiger partial charge in [-0.25, -0.2) is 4.68 Å². The highest BCUT2D eigenvalue weighted by Gasteiger charge is 2.29. The van der Waals surface area contributed by atoms with Gasteiger partial charge in [0.15, 0.2) is 0 Å². The molecule has 1 amide bonds. The maximum Gasteiger partial charge on any atom is 0.225 e. The first kappa shape index (κ1) is 18.4.